The Hall–Kier alpha value is -0.580. The molecule has 1 aromatic rings. The average molecular weight is 300 g/mol. The minimum Gasteiger partial charge on any atom is -0.396 e. The number of rotatable bonds is 3. The lowest BCUT2D eigenvalue weighted by Crippen LogP contribution is -2.20. The molecule has 2 atom stereocenters. The predicted octanol–water partition coefficient (Wildman–Crippen LogP) is 2.32. The summed E-state index contributed by atoms with van der Waals surface area (Å²) in [6.45, 7) is 3.93. The fourth-order valence-corrected chi connectivity index (χ4v) is 2.97. The second kappa shape index (κ2) is 5.38. The van der Waals surface area contributed by atoms with E-state index in [1.807, 2.05) is 18.2 Å². The predicted molar refractivity (Wildman–Crippen MR) is 72.2 cm³/mol. The number of aliphatic hydroxyl groups is 2. The van der Waals surface area contributed by atoms with E-state index < -0.39 is 6.10 Å². The van der Waals surface area contributed by atoms with Crippen LogP contribution in [0, 0.1) is 5.92 Å². The molecule has 0 aliphatic carbocycles. The Bertz CT molecular complexity index is 395. The average Bonchev–Trinajstić information content (AvgIpc) is 2.76. The molecule has 3 nitrogen and oxygen atoms in total. The van der Waals surface area contributed by atoms with Crippen molar-refractivity contribution in [3.63, 3.8) is 0 Å². The third-order valence-electron chi connectivity index (χ3n) is 3.34. The topological polar surface area (TPSA) is 43.7 Å². The van der Waals surface area contributed by atoms with E-state index in [2.05, 4.69) is 20.8 Å². The van der Waals surface area contributed by atoms with Crippen molar-refractivity contribution in [3.05, 3.63) is 28.2 Å². The Morgan fingerprint density at radius 3 is 2.82 bits per heavy atom. The van der Waals surface area contributed by atoms with Crippen LogP contribution in [0.2, 0.25) is 0 Å². The van der Waals surface area contributed by atoms with Crippen molar-refractivity contribution in [3.8, 4) is 0 Å². The van der Waals surface area contributed by atoms with E-state index in [9.17, 15) is 5.11 Å². The van der Waals surface area contributed by atoms with E-state index in [0.29, 0.717) is 5.92 Å². The lowest BCUT2D eigenvalue weighted by molar-refractivity contribution is 0.198. The van der Waals surface area contributed by atoms with Gasteiger partial charge >= 0.3 is 0 Å². The summed E-state index contributed by atoms with van der Waals surface area (Å²) in [4.78, 5) is 2.28. The quantitative estimate of drug-likeness (QED) is 0.900. The zero-order valence-electron chi connectivity index (χ0n) is 9.93. The molecular weight excluding hydrogens is 282 g/mol. The Morgan fingerprint density at radius 1 is 1.53 bits per heavy atom. The summed E-state index contributed by atoms with van der Waals surface area (Å²) in [5.41, 5.74) is 2.06. The van der Waals surface area contributed by atoms with Crippen molar-refractivity contribution in [2.75, 3.05) is 24.6 Å². The summed E-state index contributed by atoms with van der Waals surface area (Å²) in [5.74, 6) is 0.394. The van der Waals surface area contributed by atoms with Gasteiger partial charge in [0.05, 0.1) is 6.10 Å². The van der Waals surface area contributed by atoms with Gasteiger partial charge in [0.25, 0.3) is 0 Å². The van der Waals surface area contributed by atoms with Crippen LogP contribution in [0.1, 0.15) is 25.0 Å². The van der Waals surface area contributed by atoms with Crippen molar-refractivity contribution in [2.24, 2.45) is 5.92 Å². The number of benzene rings is 1. The molecule has 2 unspecified atom stereocenters. The van der Waals surface area contributed by atoms with Crippen molar-refractivity contribution >= 4 is 21.6 Å². The van der Waals surface area contributed by atoms with Gasteiger partial charge in [0, 0.05) is 35.8 Å². The van der Waals surface area contributed by atoms with E-state index >= 15 is 0 Å². The maximum absolute atomic E-state index is 9.56. The molecule has 1 heterocycles. The van der Waals surface area contributed by atoms with Crippen LogP contribution >= 0.6 is 15.9 Å². The van der Waals surface area contributed by atoms with E-state index in [1.165, 1.54) is 0 Å². The first-order chi connectivity index (χ1) is 8.11. The van der Waals surface area contributed by atoms with E-state index in [0.717, 1.165) is 35.2 Å². The van der Waals surface area contributed by atoms with Crippen LogP contribution in [0.5, 0.6) is 0 Å². The lowest BCUT2D eigenvalue weighted by Gasteiger charge is -2.20. The summed E-state index contributed by atoms with van der Waals surface area (Å²) < 4.78 is 0.942. The molecule has 0 amide bonds. The van der Waals surface area contributed by atoms with Gasteiger partial charge in [-0.3, -0.25) is 0 Å². The normalized spacial score (nSPS) is 21.9. The fourth-order valence-electron chi connectivity index (χ4n) is 2.27. The van der Waals surface area contributed by atoms with Gasteiger partial charge in [-0.1, -0.05) is 22.0 Å². The summed E-state index contributed by atoms with van der Waals surface area (Å²) in [5, 5.41) is 18.7. The zero-order valence-corrected chi connectivity index (χ0v) is 11.5. The van der Waals surface area contributed by atoms with Gasteiger partial charge in [-0.25, -0.2) is 0 Å². The number of halogens is 1. The van der Waals surface area contributed by atoms with Gasteiger partial charge < -0.3 is 15.1 Å². The Morgan fingerprint density at radius 2 is 2.29 bits per heavy atom. The van der Waals surface area contributed by atoms with Crippen LogP contribution in [-0.4, -0.2) is 29.9 Å². The van der Waals surface area contributed by atoms with E-state index in [1.54, 1.807) is 6.92 Å². The van der Waals surface area contributed by atoms with Crippen LogP contribution < -0.4 is 4.90 Å². The van der Waals surface area contributed by atoms with Gasteiger partial charge in [0.1, 0.15) is 0 Å². The number of anilines is 1. The first kappa shape index (κ1) is 12.9. The standard InChI is InChI=1S/C13H18BrNO2/c1-9(17)12-3-2-11(6-13(12)14)15-5-4-10(7-15)8-16/h2-3,6,9-10,16-17H,4-5,7-8H2,1H3. The van der Waals surface area contributed by atoms with Gasteiger partial charge in [-0.15, -0.1) is 0 Å². The van der Waals surface area contributed by atoms with Crippen molar-refractivity contribution in [1.82, 2.24) is 0 Å². The number of nitrogens with zero attached hydrogens (tertiary/aromatic N) is 1. The minimum absolute atomic E-state index is 0.267. The fraction of sp³-hybridized carbons (Fsp3) is 0.538. The third kappa shape index (κ3) is 2.81. The SMILES string of the molecule is CC(O)c1ccc(N2CCC(CO)C2)cc1Br. The number of hydrogen-bond acceptors (Lipinski definition) is 3. The highest BCUT2D eigenvalue weighted by Gasteiger charge is 2.22. The van der Waals surface area contributed by atoms with Crippen molar-refractivity contribution < 1.29 is 10.2 Å². The molecule has 0 bridgehead atoms. The minimum atomic E-state index is -0.456. The molecule has 94 valence electrons. The van der Waals surface area contributed by atoms with Gasteiger partial charge in [-0.2, -0.15) is 0 Å². The molecule has 4 heteroatoms. The molecular formula is C13H18BrNO2. The third-order valence-corrected chi connectivity index (χ3v) is 4.03. The molecule has 0 spiro atoms. The van der Waals surface area contributed by atoms with Crippen LogP contribution in [0.4, 0.5) is 5.69 Å². The maximum Gasteiger partial charge on any atom is 0.0772 e. The summed E-state index contributed by atoms with van der Waals surface area (Å²) in [6, 6.07) is 6.03. The molecule has 1 fully saturated rings. The van der Waals surface area contributed by atoms with Crippen LogP contribution in [-0.2, 0) is 0 Å². The Labute approximate surface area is 110 Å². The first-order valence-corrected chi connectivity index (χ1v) is 6.74. The van der Waals surface area contributed by atoms with Gasteiger partial charge in [0.2, 0.25) is 0 Å². The second-order valence-electron chi connectivity index (χ2n) is 4.67. The zero-order chi connectivity index (χ0) is 12.4. The lowest BCUT2D eigenvalue weighted by atomic mass is 10.1. The highest BCUT2D eigenvalue weighted by Crippen LogP contribution is 2.30. The molecule has 0 aromatic heterocycles. The number of hydrogen-bond donors (Lipinski definition) is 2. The summed E-state index contributed by atoms with van der Waals surface area (Å²) >= 11 is 3.49. The van der Waals surface area contributed by atoms with Gasteiger partial charge in [-0.05, 0) is 31.0 Å². The summed E-state index contributed by atoms with van der Waals surface area (Å²) in [7, 11) is 0. The largest absolute Gasteiger partial charge is 0.396 e. The highest BCUT2D eigenvalue weighted by molar-refractivity contribution is 9.10. The maximum atomic E-state index is 9.56. The van der Waals surface area contributed by atoms with Crippen molar-refractivity contribution in [1.29, 1.82) is 0 Å². The molecule has 2 N–H and O–H groups in total. The van der Waals surface area contributed by atoms with Crippen LogP contribution in [0.15, 0.2) is 22.7 Å². The van der Waals surface area contributed by atoms with E-state index in [4.69, 9.17) is 5.11 Å². The first-order valence-electron chi connectivity index (χ1n) is 5.95. The van der Waals surface area contributed by atoms with Crippen molar-refractivity contribution in [2.45, 2.75) is 19.4 Å². The molecule has 0 saturated carbocycles. The molecule has 2 rings (SSSR count). The molecule has 1 saturated heterocycles. The molecule has 17 heavy (non-hydrogen) atoms. The second-order valence-corrected chi connectivity index (χ2v) is 5.52. The molecule has 1 aliphatic heterocycles. The summed E-state index contributed by atoms with van der Waals surface area (Å²) in [6.07, 6.45) is 0.592. The molecule has 1 aliphatic rings. The smallest absolute Gasteiger partial charge is 0.0772 e. The highest BCUT2D eigenvalue weighted by atomic mass is 79.9. The monoisotopic (exact) mass is 299 g/mol. The molecule has 0 radical (unpaired) electrons. The van der Waals surface area contributed by atoms with Crippen LogP contribution in [0.3, 0.4) is 0 Å². The van der Waals surface area contributed by atoms with Crippen LogP contribution in [0.25, 0.3) is 0 Å². The van der Waals surface area contributed by atoms with E-state index in [-0.39, 0.29) is 6.61 Å². The Kier molecular flexibility index (Phi) is 4.07. The van der Waals surface area contributed by atoms with Gasteiger partial charge in [0.15, 0.2) is 0 Å². The Balaban J connectivity index is 2.15. The molecule has 1 aromatic carbocycles. The number of aliphatic hydroxyl groups excluding tert-OH is 2.